The summed E-state index contributed by atoms with van der Waals surface area (Å²) in [4.78, 5) is 13.5. The summed E-state index contributed by atoms with van der Waals surface area (Å²) in [5.41, 5.74) is 0.936. The van der Waals surface area contributed by atoms with Gasteiger partial charge in [0.1, 0.15) is 29.0 Å². The summed E-state index contributed by atoms with van der Waals surface area (Å²) in [6, 6.07) is 13.9. The van der Waals surface area contributed by atoms with Gasteiger partial charge in [0, 0.05) is 11.6 Å². The van der Waals surface area contributed by atoms with Crippen LogP contribution in [-0.2, 0) is 9.84 Å². The van der Waals surface area contributed by atoms with Crippen LogP contribution < -0.4 is 15.5 Å². The number of ether oxygens (including phenoxy) is 1. The molecule has 0 saturated carbocycles. The van der Waals surface area contributed by atoms with Crippen LogP contribution >= 0.6 is 0 Å². The second-order valence-electron chi connectivity index (χ2n) is 7.53. The monoisotopic (exact) mass is 429 g/mol. The van der Waals surface area contributed by atoms with Gasteiger partial charge < -0.3 is 19.6 Å². The number of hydrogen-bond acceptors (Lipinski definition) is 7. The van der Waals surface area contributed by atoms with Crippen molar-refractivity contribution in [3.63, 3.8) is 0 Å². The van der Waals surface area contributed by atoms with Crippen LogP contribution in [0.25, 0.3) is 22.3 Å². The van der Waals surface area contributed by atoms with E-state index in [-0.39, 0.29) is 40.7 Å². The van der Waals surface area contributed by atoms with E-state index in [0.717, 1.165) is 0 Å². The van der Waals surface area contributed by atoms with Gasteiger partial charge in [-0.05, 0) is 25.5 Å². The molecule has 1 fully saturated rings. The van der Waals surface area contributed by atoms with Crippen molar-refractivity contribution in [1.82, 2.24) is 0 Å². The molecule has 30 heavy (non-hydrogen) atoms. The molecule has 2 N–H and O–H groups in total. The molecule has 1 aliphatic heterocycles. The SMILES string of the molecule is CC(O)COc1cccc2oc(-c3ccccc3)c(NC3CCS(=O)(=O)C3)c(=O)c12. The van der Waals surface area contributed by atoms with Crippen molar-refractivity contribution in [2.75, 3.05) is 23.4 Å². The highest BCUT2D eigenvalue weighted by Crippen LogP contribution is 2.33. The maximum absolute atomic E-state index is 13.5. The van der Waals surface area contributed by atoms with Gasteiger partial charge in [-0.2, -0.15) is 0 Å². The Balaban J connectivity index is 1.88. The molecule has 158 valence electrons. The normalized spacial score (nSPS) is 18.9. The van der Waals surface area contributed by atoms with Crippen LogP contribution in [-0.4, -0.2) is 43.8 Å². The van der Waals surface area contributed by atoms with Crippen molar-refractivity contribution in [2.24, 2.45) is 0 Å². The van der Waals surface area contributed by atoms with Crippen LogP contribution in [0.15, 0.2) is 57.7 Å². The second kappa shape index (κ2) is 8.12. The highest BCUT2D eigenvalue weighted by Gasteiger charge is 2.30. The van der Waals surface area contributed by atoms with Gasteiger partial charge >= 0.3 is 0 Å². The molecule has 7 nitrogen and oxygen atoms in total. The number of rotatable bonds is 6. The number of anilines is 1. The smallest absolute Gasteiger partial charge is 0.220 e. The zero-order valence-electron chi connectivity index (χ0n) is 16.5. The third kappa shape index (κ3) is 4.20. The molecule has 2 unspecified atom stereocenters. The Morgan fingerprint density at radius 3 is 2.63 bits per heavy atom. The fourth-order valence-corrected chi connectivity index (χ4v) is 5.25. The Labute approximate surface area is 174 Å². The van der Waals surface area contributed by atoms with E-state index in [9.17, 15) is 18.3 Å². The van der Waals surface area contributed by atoms with Gasteiger partial charge in [-0.25, -0.2) is 8.42 Å². The molecule has 1 aromatic heterocycles. The molecule has 0 radical (unpaired) electrons. The highest BCUT2D eigenvalue weighted by atomic mass is 32.2. The molecule has 0 aliphatic carbocycles. The highest BCUT2D eigenvalue weighted by molar-refractivity contribution is 7.91. The van der Waals surface area contributed by atoms with Crippen molar-refractivity contribution < 1.29 is 22.7 Å². The summed E-state index contributed by atoms with van der Waals surface area (Å²) in [5, 5.41) is 12.9. The number of aliphatic hydroxyl groups is 1. The van der Waals surface area contributed by atoms with Crippen LogP contribution in [0.2, 0.25) is 0 Å². The molecule has 2 atom stereocenters. The first-order valence-electron chi connectivity index (χ1n) is 9.77. The molecule has 8 heteroatoms. The Bertz CT molecular complexity index is 1220. The summed E-state index contributed by atoms with van der Waals surface area (Å²) in [7, 11) is -3.12. The van der Waals surface area contributed by atoms with Crippen molar-refractivity contribution in [3.05, 3.63) is 58.8 Å². The molecule has 0 amide bonds. The molecule has 2 aromatic carbocycles. The topological polar surface area (TPSA) is 106 Å². The summed E-state index contributed by atoms with van der Waals surface area (Å²) in [6.07, 6.45) is -0.272. The van der Waals surface area contributed by atoms with E-state index in [2.05, 4.69) is 5.32 Å². The van der Waals surface area contributed by atoms with Crippen LogP contribution in [0.4, 0.5) is 5.69 Å². The Morgan fingerprint density at radius 1 is 1.20 bits per heavy atom. The van der Waals surface area contributed by atoms with Crippen molar-refractivity contribution >= 4 is 26.5 Å². The van der Waals surface area contributed by atoms with E-state index in [1.54, 1.807) is 25.1 Å². The van der Waals surface area contributed by atoms with Crippen molar-refractivity contribution in [3.8, 4) is 17.1 Å². The quantitative estimate of drug-likeness (QED) is 0.621. The van der Waals surface area contributed by atoms with Crippen LogP contribution in [0.5, 0.6) is 5.75 Å². The first kappa shape index (κ1) is 20.4. The molecule has 3 aromatic rings. The zero-order chi connectivity index (χ0) is 21.3. The van der Waals surface area contributed by atoms with E-state index in [4.69, 9.17) is 9.15 Å². The first-order valence-corrected chi connectivity index (χ1v) is 11.6. The minimum atomic E-state index is -3.12. The molecular weight excluding hydrogens is 406 g/mol. The molecule has 0 spiro atoms. The van der Waals surface area contributed by atoms with Gasteiger partial charge in [-0.1, -0.05) is 36.4 Å². The zero-order valence-corrected chi connectivity index (χ0v) is 17.3. The minimum Gasteiger partial charge on any atom is -0.490 e. The van der Waals surface area contributed by atoms with E-state index in [1.165, 1.54) is 0 Å². The lowest BCUT2D eigenvalue weighted by molar-refractivity contribution is 0.123. The lowest BCUT2D eigenvalue weighted by Crippen LogP contribution is -2.25. The first-order chi connectivity index (χ1) is 14.3. The molecule has 1 aliphatic rings. The molecule has 2 heterocycles. The predicted molar refractivity (Wildman–Crippen MR) is 116 cm³/mol. The summed E-state index contributed by atoms with van der Waals surface area (Å²) >= 11 is 0. The number of hydrogen-bond donors (Lipinski definition) is 2. The Morgan fingerprint density at radius 2 is 1.97 bits per heavy atom. The van der Waals surface area contributed by atoms with Crippen LogP contribution in [0, 0.1) is 0 Å². The van der Waals surface area contributed by atoms with Gasteiger partial charge in [0.05, 0.1) is 17.6 Å². The van der Waals surface area contributed by atoms with Crippen molar-refractivity contribution in [1.29, 1.82) is 0 Å². The average molecular weight is 429 g/mol. The number of nitrogens with one attached hydrogen (secondary N) is 1. The molecule has 1 saturated heterocycles. The number of aliphatic hydroxyl groups excluding tert-OH is 1. The van der Waals surface area contributed by atoms with E-state index in [0.29, 0.717) is 29.1 Å². The van der Waals surface area contributed by atoms with Gasteiger partial charge in [0.2, 0.25) is 5.43 Å². The van der Waals surface area contributed by atoms with Crippen molar-refractivity contribution in [2.45, 2.75) is 25.5 Å². The standard InChI is InChI=1S/C22H23NO6S/c1-14(24)12-28-17-8-5-9-18-19(17)21(25)20(23-16-10-11-30(26,27)13-16)22(29-18)15-6-3-2-4-7-15/h2-9,14,16,23-24H,10-13H2,1H3. The van der Waals surface area contributed by atoms with Gasteiger partial charge in [0.25, 0.3) is 0 Å². The van der Waals surface area contributed by atoms with E-state index in [1.807, 2.05) is 30.3 Å². The van der Waals surface area contributed by atoms with Gasteiger partial charge in [-0.3, -0.25) is 4.79 Å². The van der Waals surface area contributed by atoms with E-state index >= 15 is 0 Å². The average Bonchev–Trinajstić information content (AvgIpc) is 3.07. The minimum absolute atomic E-state index is 0.0289. The summed E-state index contributed by atoms with van der Waals surface area (Å²) in [5.74, 6) is 0.722. The summed E-state index contributed by atoms with van der Waals surface area (Å²) < 4.78 is 35.5. The third-order valence-corrected chi connectivity index (χ3v) is 6.75. The fourth-order valence-electron chi connectivity index (χ4n) is 3.58. The lowest BCUT2D eigenvalue weighted by atomic mass is 10.1. The third-order valence-electron chi connectivity index (χ3n) is 4.98. The Kier molecular flexibility index (Phi) is 5.53. The van der Waals surface area contributed by atoms with Crippen LogP contribution in [0.1, 0.15) is 13.3 Å². The van der Waals surface area contributed by atoms with E-state index < -0.39 is 15.9 Å². The maximum atomic E-state index is 13.5. The number of benzene rings is 2. The maximum Gasteiger partial charge on any atom is 0.220 e. The van der Waals surface area contributed by atoms with Gasteiger partial charge in [0.15, 0.2) is 15.6 Å². The lowest BCUT2D eigenvalue weighted by Gasteiger charge is -2.17. The van der Waals surface area contributed by atoms with Gasteiger partial charge in [-0.15, -0.1) is 0 Å². The fraction of sp³-hybridized carbons (Fsp3) is 0.318. The predicted octanol–water partition coefficient (Wildman–Crippen LogP) is 2.82. The number of fused-ring (bicyclic) bond motifs is 1. The molecular formula is C22H23NO6S. The largest absolute Gasteiger partial charge is 0.490 e. The second-order valence-corrected chi connectivity index (χ2v) is 9.76. The molecule has 4 rings (SSSR count). The number of sulfone groups is 1. The van der Waals surface area contributed by atoms with Crippen LogP contribution in [0.3, 0.4) is 0 Å². The summed E-state index contributed by atoms with van der Waals surface area (Å²) in [6.45, 7) is 1.62. The molecule has 0 bridgehead atoms. The Hall–Kier alpha value is -2.84.